The molecule has 3 fully saturated rings. The smallest absolute Gasteiger partial charge is 0.391 e. The predicted molar refractivity (Wildman–Crippen MR) is 184 cm³/mol. The van der Waals surface area contributed by atoms with Crippen molar-refractivity contribution in [2.75, 3.05) is 44.2 Å². The topological polar surface area (TPSA) is 86.6 Å². The Hall–Kier alpha value is -4.28. The maximum atomic E-state index is 17.1. The molecule has 13 heteroatoms. The first-order valence-corrected chi connectivity index (χ1v) is 17.7. The second-order valence-electron chi connectivity index (χ2n) is 14.6. The van der Waals surface area contributed by atoms with Crippen molar-refractivity contribution in [3.05, 3.63) is 47.2 Å². The van der Waals surface area contributed by atoms with Crippen molar-refractivity contribution in [3.63, 3.8) is 0 Å². The Morgan fingerprint density at radius 3 is 2.55 bits per heavy atom. The number of hydrogen-bond donors (Lipinski definition) is 2. The molecule has 2 aromatic heterocycles. The van der Waals surface area contributed by atoms with Gasteiger partial charge in [0, 0.05) is 48.1 Å². The molecule has 0 spiro atoms. The van der Waals surface area contributed by atoms with E-state index in [1.54, 1.807) is 0 Å². The van der Waals surface area contributed by atoms with E-state index in [-0.39, 0.29) is 76.4 Å². The summed E-state index contributed by atoms with van der Waals surface area (Å²) >= 11 is 0. The molecule has 1 aliphatic carbocycles. The molecule has 0 radical (unpaired) electrons. The monoisotopic (exact) mass is 706 g/mol. The van der Waals surface area contributed by atoms with Crippen LogP contribution >= 0.6 is 0 Å². The molecule has 0 bridgehead atoms. The number of alkyl halides is 3. The average Bonchev–Trinajstić information content (AvgIpc) is 3.91. The molecule has 3 aliphatic heterocycles. The number of nitrogens with zero attached hydrogens (tertiary/aromatic N) is 5. The van der Waals surface area contributed by atoms with Crippen molar-refractivity contribution < 1.29 is 31.8 Å². The van der Waals surface area contributed by atoms with Gasteiger partial charge in [0.05, 0.1) is 29.2 Å². The number of aromatic hydroxyl groups is 1. The van der Waals surface area contributed by atoms with Crippen LogP contribution in [0, 0.1) is 35.3 Å². The zero-order valence-electron chi connectivity index (χ0n) is 28.3. The molecule has 268 valence electrons. The summed E-state index contributed by atoms with van der Waals surface area (Å²) < 4.78 is 78.2. The zero-order valence-corrected chi connectivity index (χ0v) is 28.3. The van der Waals surface area contributed by atoms with Crippen molar-refractivity contribution in [1.82, 2.24) is 25.2 Å². The summed E-state index contributed by atoms with van der Waals surface area (Å²) in [6.07, 6.45) is 5.55. The molecule has 5 heterocycles. The molecule has 2 aromatic carbocycles. The number of hydrogen-bond acceptors (Lipinski definition) is 8. The molecule has 0 amide bonds. The Labute approximate surface area is 292 Å². The number of fused-ring (bicyclic) bond motifs is 3. The third-order valence-electron chi connectivity index (χ3n) is 11.4. The molecule has 2 saturated heterocycles. The van der Waals surface area contributed by atoms with E-state index in [0.29, 0.717) is 67.8 Å². The lowest BCUT2D eigenvalue weighted by molar-refractivity contribution is -0.185. The number of likely N-dealkylation sites (tertiary alicyclic amines) is 1. The van der Waals surface area contributed by atoms with Gasteiger partial charge in [0.15, 0.2) is 5.82 Å². The van der Waals surface area contributed by atoms with Crippen molar-refractivity contribution in [1.29, 1.82) is 0 Å². The van der Waals surface area contributed by atoms with Crippen molar-refractivity contribution in [2.24, 2.45) is 11.3 Å². The Balaban J connectivity index is 1.20. The fraction of sp³-hybridized carbons (Fsp3) is 0.500. The van der Waals surface area contributed by atoms with Gasteiger partial charge in [0.2, 0.25) is 0 Å². The van der Waals surface area contributed by atoms with E-state index in [4.69, 9.17) is 21.1 Å². The summed E-state index contributed by atoms with van der Waals surface area (Å²) in [5.74, 6) is 0.103. The van der Waals surface area contributed by atoms with E-state index in [1.165, 1.54) is 24.3 Å². The lowest BCUT2D eigenvalue weighted by Gasteiger charge is -2.42. The number of piperazine rings is 1. The summed E-state index contributed by atoms with van der Waals surface area (Å²) in [6.45, 7) is 5.08. The van der Waals surface area contributed by atoms with Gasteiger partial charge in [-0.3, -0.25) is 0 Å². The lowest BCUT2D eigenvalue weighted by atomic mass is 9.95. The third kappa shape index (κ3) is 6.10. The average molecular weight is 707 g/mol. The largest absolute Gasteiger partial charge is 0.508 e. The van der Waals surface area contributed by atoms with Crippen molar-refractivity contribution >= 4 is 27.5 Å². The van der Waals surface area contributed by atoms with E-state index in [2.05, 4.69) is 32.9 Å². The number of terminal acetylenes is 1. The Morgan fingerprint density at radius 2 is 1.84 bits per heavy atom. The van der Waals surface area contributed by atoms with Gasteiger partial charge < -0.3 is 25.0 Å². The number of rotatable bonds is 7. The second kappa shape index (κ2) is 12.7. The highest BCUT2D eigenvalue weighted by molar-refractivity contribution is 6.03. The van der Waals surface area contributed by atoms with Crippen LogP contribution in [0.4, 0.5) is 27.8 Å². The molecule has 2 N–H and O–H groups in total. The van der Waals surface area contributed by atoms with Crippen LogP contribution in [0.5, 0.6) is 11.8 Å². The minimum Gasteiger partial charge on any atom is -0.508 e. The molecular weight excluding hydrogens is 667 g/mol. The zero-order chi connectivity index (χ0) is 35.7. The molecular formula is C38H39F5N6O2. The maximum absolute atomic E-state index is 17.1. The minimum atomic E-state index is -4.17. The second-order valence-corrected chi connectivity index (χ2v) is 14.6. The molecule has 1 saturated carbocycles. The van der Waals surface area contributed by atoms with Gasteiger partial charge in [-0.15, -0.1) is 6.42 Å². The van der Waals surface area contributed by atoms with Gasteiger partial charge in [0.1, 0.15) is 28.6 Å². The number of ether oxygens (including phenoxy) is 1. The molecule has 51 heavy (non-hydrogen) atoms. The van der Waals surface area contributed by atoms with Gasteiger partial charge in [-0.1, -0.05) is 18.9 Å². The minimum absolute atomic E-state index is 0.00455. The highest BCUT2D eigenvalue weighted by atomic mass is 19.4. The van der Waals surface area contributed by atoms with Gasteiger partial charge in [-0.25, -0.2) is 13.8 Å². The number of aryl methyl sites for hydroxylation is 1. The van der Waals surface area contributed by atoms with Crippen LogP contribution in [0.15, 0.2) is 24.3 Å². The van der Waals surface area contributed by atoms with Gasteiger partial charge >= 0.3 is 12.2 Å². The molecule has 4 aromatic rings. The molecule has 8 nitrogen and oxygen atoms in total. The van der Waals surface area contributed by atoms with Crippen LogP contribution in [0.3, 0.4) is 0 Å². The summed E-state index contributed by atoms with van der Waals surface area (Å²) in [6, 6.07) is 5.71. The number of pyridine rings is 1. The molecule has 4 aliphatic rings. The Bertz CT molecular complexity index is 2050. The first kappa shape index (κ1) is 33.8. The van der Waals surface area contributed by atoms with E-state index >= 15 is 8.78 Å². The number of benzene rings is 2. The van der Waals surface area contributed by atoms with Gasteiger partial charge in [-0.05, 0) is 81.6 Å². The normalized spacial score (nSPS) is 22.1. The summed E-state index contributed by atoms with van der Waals surface area (Å²) in [5.41, 5.74) is 0.332. The molecule has 2 atom stereocenters. The van der Waals surface area contributed by atoms with Crippen LogP contribution in [-0.2, 0) is 6.42 Å². The summed E-state index contributed by atoms with van der Waals surface area (Å²) in [4.78, 5) is 18.7. The maximum Gasteiger partial charge on any atom is 0.391 e. The third-order valence-corrected chi connectivity index (χ3v) is 11.4. The summed E-state index contributed by atoms with van der Waals surface area (Å²) in [5, 5.41) is 15.5. The van der Waals surface area contributed by atoms with Gasteiger partial charge in [-0.2, -0.15) is 23.1 Å². The summed E-state index contributed by atoms with van der Waals surface area (Å²) in [7, 11) is 0. The Morgan fingerprint density at radius 1 is 1.06 bits per heavy atom. The highest BCUT2D eigenvalue weighted by Gasteiger charge is 2.47. The molecule has 0 unspecified atom stereocenters. The first-order chi connectivity index (χ1) is 24.5. The van der Waals surface area contributed by atoms with Crippen LogP contribution in [0.2, 0.25) is 0 Å². The number of phenolic OH excluding ortho intramolecular Hbond substituents is 1. The fourth-order valence-electron chi connectivity index (χ4n) is 8.44. The van der Waals surface area contributed by atoms with E-state index in [0.717, 1.165) is 19.3 Å². The predicted octanol–water partition coefficient (Wildman–Crippen LogP) is 6.75. The van der Waals surface area contributed by atoms with Crippen LogP contribution in [0.1, 0.15) is 56.7 Å². The number of halogens is 5. The highest BCUT2D eigenvalue weighted by Crippen LogP contribution is 2.48. The van der Waals surface area contributed by atoms with E-state index in [1.807, 2.05) is 0 Å². The van der Waals surface area contributed by atoms with E-state index in [9.17, 15) is 18.3 Å². The number of anilines is 1. The standard InChI is InChI=1S/C38H39F5N6O2/c1-3-24-26(39)6-5-21-17-23(50)18-25(30(21)24)33-32(40)34-31-28(45-33)7-8-29-27(4-2)44-13-16-49(29)35(31)47-36(46-34)51-20-37(11-12-37)19-48-14-9-22(10-15-48)38(41,42)43/h1,5-6,17-18,22,27,29,44,50H,4,7-16,19-20H2,2H3/t27-,29+/m0/s1. The Kier molecular flexibility index (Phi) is 8.45. The lowest BCUT2D eigenvalue weighted by Crippen LogP contribution is -2.58. The van der Waals surface area contributed by atoms with Crippen LogP contribution < -0.4 is 15.0 Å². The van der Waals surface area contributed by atoms with Crippen molar-refractivity contribution in [2.45, 2.75) is 70.1 Å². The number of phenols is 1. The van der Waals surface area contributed by atoms with Crippen LogP contribution in [-0.4, -0.2) is 82.5 Å². The SMILES string of the molecule is C#Cc1c(F)ccc2cc(O)cc(-c3nc4c5c(nc(OCC6(CN7CCC(C(F)(F)F)CC7)CC6)nc5c3F)N3CCN[C@@H](CC)[C@H]3CC4)c12. The van der Waals surface area contributed by atoms with Gasteiger partial charge in [0.25, 0.3) is 0 Å². The number of nitrogens with one attached hydrogen (secondary N) is 1. The van der Waals surface area contributed by atoms with E-state index < -0.39 is 23.7 Å². The number of aromatic nitrogens is 3. The van der Waals surface area contributed by atoms with Crippen LogP contribution in [0.25, 0.3) is 32.9 Å². The molecule has 8 rings (SSSR count). The quantitative estimate of drug-likeness (QED) is 0.162. The number of piperidine rings is 1. The van der Waals surface area contributed by atoms with Crippen molar-refractivity contribution in [3.8, 4) is 35.4 Å². The fourth-order valence-corrected chi connectivity index (χ4v) is 8.44. The first-order valence-electron chi connectivity index (χ1n) is 17.7.